The van der Waals surface area contributed by atoms with E-state index >= 15 is 0 Å². The van der Waals surface area contributed by atoms with E-state index in [1.165, 1.54) is 4.90 Å². The number of carbonyl (C=O) groups is 1. The third-order valence-corrected chi connectivity index (χ3v) is 5.73. The summed E-state index contributed by atoms with van der Waals surface area (Å²) >= 11 is 1.84. The molecule has 0 aliphatic heterocycles. The van der Waals surface area contributed by atoms with Crippen LogP contribution in [0.4, 0.5) is 0 Å². The topological polar surface area (TPSA) is 74.8 Å². The predicted molar refractivity (Wildman–Crippen MR) is 143 cm³/mol. The van der Waals surface area contributed by atoms with Gasteiger partial charge < -0.3 is 20.7 Å². The first kappa shape index (κ1) is 26.3. The smallest absolute Gasteiger partial charge is 0.258 e. The lowest BCUT2D eigenvalue weighted by molar-refractivity contribution is -0.123. The zero-order valence-electron chi connectivity index (χ0n) is 18.7. The van der Waals surface area contributed by atoms with Gasteiger partial charge in [0.25, 0.3) is 5.91 Å². The Labute approximate surface area is 212 Å². The molecule has 1 fully saturated rings. The second-order valence-corrected chi connectivity index (χ2v) is 9.11. The van der Waals surface area contributed by atoms with Crippen molar-refractivity contribution in [3.05, 3.63) is 60.2 Å². The molecule has 0 radical (unpaired) electrons. The fraction of sp³-hybridized carbons (Fsp3) is 0.417. The Morgan fingerprint density at radius 3 is 2.66 bits per heavy atom. The number of thioether (sulfide) groups is 1. The van der Waals surface area contributed by atoms with Crippen molar-refractivity contribution < 1.29 is 9.53 Å². The van der Waals surface area contributed by atoms with Crippen molar-refractivity contribution in [1.82, 2.24) is 16.0 Å². The minimum absolute atomic E-state index is 0. The Bertz CT molecular complexity index is 862. The van der Waals surface area contributed by atoms with Crippen molar-refractivity contribution in [2.75, 3.05) is 19.7 Å². The molecule has 2 aromatic rings. The van der Waals surface area contributed by atoms with Gasteiger partial charge in [0.2, 0.25) is 0 Å². The number of ether oxygens (including phenoxy) is 1. The number of rotatable bonds is 11. The molecule has 6 nitrogen and oxygen atoms in total. The van der Waals surface area contributed by atoms with Gasteiger partial charge in [-0.2, -0.15) is 0 Å². The molecule has 8 heteroatoms. The minimum Gasteiger partial charge on any atom is -0.484 e. The fourth-order valence-corrected chi connectivity index (χ4v) is 3.85. The van der Waals surface area contributed by atoms with Gasteiger partial charge in [-0.25, -0.2) is 4.99 Å². The van der Waals surface area contributed by atoms with E-state index in [0.29, 0.717) is 23.6 Å². The number of benzene rings is 2. The average molecular weight is 569 g/mol. The molecule has 0 saturated heterocycles. The van der Waals surface area contributed by atoms with E-state index in [1.807, 2.05) is 42.1 Å². The number of aliphatic imine (C=N–C) groups is 1. The summed E-state index contributed by atoms with van der Waals surface area (Å²) in [6, 6.07) is 18.5. The van der Waals surface area contributed by atoms with Crippen molar-refractivity contribution >= 4 is 47.6 Å². The predicted octanol–water partition coefficient (Wildman–Crippen LogP) is 4.20. The SMILES string of the molecule is CCNC(=NCc1cccc(OCC(=O)NC2CC2)c1)NCC(C)Sc1ccccc1.I. The normalized spacial score (nSPS) is 14.1. The number of hydrogen-bond acceptors (Lipinski definition) is 4. The lowest BCUT2D eigenvalue weighted by Gasteiger charge is -2.16. The van der Waals surface area contributed by atoms with Gasteiger partial charge in [0.1, 0.15) is 5.75 Å². The largest absolute Gasteiger partial charge is 0.484 e. The van der Waals surface area contributed by atoms with E-state index in [1.54, 1.807) is 0 Å². The molecule has 1 aliphatic carbocycles. The molecule has 0 aromatic heterocycles. The highest BCUT2D eigenvalue weighted by Crippen LogP contribution is 2.22. The quantitative estimate of drug-likeness (QED) is 0.164. The first-order chi connectivity index (χ1) is 15.1. The van der Waals surface area contributed by atoms with Gasteiger partial charge in [-0.05, 0) is 49.6 Å². The summed E-state index contributed by atoms with van der Waals surface area (Å²) < 4.78 is 5.63. The second-order valence-electron chi connectivity index (χ2n) is 7.60. The molecule has 174 valence electrons. The first-order valence-electron chi connectivity index (χ1n) is 10.9. The van der Waals surface area contributed by atoms with Crippen LogP contribution in [0.3, 0.4) is 0 Å². The van der Waals surface area contributed by atoms with Crippen LogP contribution in [0.15, 0.2) is 64.5 Å². The maximum Gasteiger partial charge on any atom is 0.258 e. The van der Waals surface area contributed by atoms with Gasteiger partial charge >= 0.3 is 0 Å². The van der Waals surface area contributed by atoms with E-state index in [0.717, 1.165) is 37.5 Å². The Balaban J connectivity index is 0.00000363. The van der Waals surface area contributed by atoms with Crippen molar-refractivity contribution in [3.8, 4) is 5.75 Å². The van der Waals surface area contributed by atoms with Gasteiger partial charge in [-0.1, -0.05) is 37.3 Å². The molecule has 1 atom stereocenters. The summed E-state index contributed by atoms with van der Waals surface area (Å²) in [5.41, 5.74) is 1.03. The monoisotopic (exact) mass is 568 g/mol. The highest BCUT2D eigenvalue weighted by atomic mass is 127. The Kier molecular flexibility index (Phi) is 11.7. The van der Waals surface area contributed by atoms with Gasteiger partial charge in [0, 0.05) is 29.3 Å². The lowest BCUT2D eigenvalue weighted by Crippen LogP contribution is -2.40. The Morgan fingerprint density at radius 2 is 1.94 bits per heavy atom. The fourth-order valence-electron chi connectivity index (χ4n) is 2.91. The molecule has 2 aromatic carbocycles. The van der Waals surface area contributed by atoms with Gasteiger partial charge in [0.05, 0.1) is 6.54 Å². The molecule has 0 heterocycles. The molecule has 3 N–H and O–H groups in total. The molecule has 0 bridgehead atoms. The summed E-state index contributed by atoms with van der Waals surface area (Å²) in [5.74, 6) is 1.41. The molecule has 1 unspecified atom stereocenters. The molecule has 1 saturated carbocycles. The van der Waals surface area contributed by atoms with Crippen LogP contribution >= 0.6 is 35.7 Å². The number of guanidine groups is 1. The van der Waals surface area contributed by atoms with Crippen LogP contribution < -0.4 is 20.7 Å². The van der Waals surface area contributed by atoms with E-state index in [-0.39, 0.29) is 36.5 Å². The minimum atomic E-state index is -0.0629. The highest BCUT2D eigenvalue weighted by Gasteiger charge is 2.23. The summed E-state index contributed by atoms with van der Waals surface area (Å²) in [4.78, 5) is 17.8. The summed E-state index contributed by atoms with van der Waals surface area (Å²) in [6.07, 6.45) is 2.15. The molecular weight excluding hydrogens is 535 g/mol. The third-order valence-electron chi connectivity index (χ3n) is 4.61. The zero-order chi connectivity index (χ0) is 21.9. The van der Waals surface area contributed by atoms with Crippen molar-refractivity contribution in [2.24, 2.45) is 4.99 Å². The van der Waals surface area contributed by atoms with Crippen molar-refractivity contribution in [3.63, 3.8) is 0 Å². The average Bonchev–Trinajstić information content (AvgIpc) is 3.59. The standard InChI is InChI=1S/C24H32N4O2S.HI/c1-3-25-24(26-15-18(2)31-22-10-5-4-6-11-22)27-16-19-8-7-9-21(14-19)30-17-23(29)28-20-12-13-20;/h4-11,14,18,20H,3,12-13,15-17H2,1-2H3,(H,28,29)(H2,25,26,27);1H. The van der Waals surface area contributed by atoms with Crippen LogP contribution in [-0.2, 0) is 11.3 Å². The van der Waals surface area contributed by atoms with Gasteiger partial charge in [0.15, 0.2) is 12.6 Å². The van der Waals surface area contributed by atoms with E-state index in [4.69, 9.17) is 9.73 Å². The molecule has 3 rings (SSSR count). The van der Waals surface area contributed by atoms with Crippen LogP contribution in [-0.4, -0.2) is 42.9 Å². The van der Waals surface area contributed by atoms with Crippen LogP contribution in [0.2, 0.25) is 0 Å². The van der Waals surface area contributed by atoms with Crippen molar-refractivity contribution in [1.29, 1.82) is 0 Å². The van der Waals surface area contributed by atoms with E-state index in [2.05, 4.69) is 54.1 Å². The number of amides is 1. The Morgan fingerprint density at radius 1 is 1.16 bits per heavy atom. The maximum absolute atomic E-state index is 11.8. The number of halogens is 1. The molecule has 1 amide bonds. The second kappa shape index (κ2) is 14.3. The van der Waals surface area contributed by atoms with E-state index < -0.39 is 0 Å². The highest BCUT2D eigenvalue weighted by molar-refractivity contribution is 14.0. The zero-order valence-corrected chi connectivity index (χ0v) is 21.8. The van der Waals surface area contributed by atoms with Gasteiger partial charge in [-0.3, -0.25) is 4.79 Å². The number of carbonyl (C=O) groups excluding carboxylic acids is 1. The summed E-state index contributed by atoms with van der Waals surface area (Å²) in [5, 5.41) is 10.1. The molecule has 1 aliphatic rings. The number of hydrogen-bond donors (Lipinski definition) is 3. The van der Waals surface area contributed by atoms with Gasteiger partial charge in [-0.15, -0.1) is 35.7 Å². The van der Waals surface area contributed by atoms with Crippen LogP contribution in [0.25, 0.3) is 0 Å². The number of nitrogens with zero attached hydrogens (tertiary/aromatic N) is 1. The third kappa shape index (κ3) is 10.1. The molecule has 0 spiro atoms. The molecular formula is C24H33IN4O2S. The van der Waals surface area contributed by atoms with Crippen LogP contribution in [0.5, 0.6) is 5.75 Å². The van der Waals surface area contributed by atoms with Crippen LogP contribution in [0.1, 0.15) is 32.3 Å². The van der Waals surface area contributed by atoms with Crippen LogP contribution in [0, 0.1) is 0 Å². The maximum atomic E-state index is 11.8. The molecule has 32 heavy (non-hydrogen) atoms. The summed E-state index contributed by atoms with van der Waals surface area (Å²) in [7, 11) is 0. The van der Waals surface area contributed by atoms with E-state index in [9.17, 15) is 4.79 Å². The lowest BCUT2D eigenvalue weighted by atomic mass is 10.2. The van der Waals surface area contributed by atoms with Crippen molar-refractivity contribution in [2.45, 2.75) is 49.4 Å². The number of nitrogens with one attached hydrogen (secondary N) is 3. The Hall–Kier alpha value is -1.94. The first-order valence-corrected chi connectivity index (χ1v) is 11.8. The summed E-state index contributed by atoms with van der Waals surface area (Å²) in [6.45, 7) is 6.44.